The number of halogens is 1. The third-order valence-corrected chi connectivity index (χ3v) is 3.06. The first kappa shape index (κ1) is 8.75. The van der Waals surface area contributed by atoms with Gasteiger partial charge in [0.15, 0.2) is 5.78 Å². The molecule has 0 spiro atoms. The van der Waals surface area contributed by atoms with Crippen molar-refractivity contribution in [3.05, 3.63) is 27.7 Å². The Balaban J connectivity index is 2.58. The number of rotatable bonds is 0. The van der Waals surface area contributed by atoms with Gasteiger partial charge in [-0.25, -0.2) is 0 Å². The van der Waals surface area contributed by atoms with E-state index in [1.54, 1.807) is 6.07 Å². The highest BCUT2D eigenvalue weighted by molar-refractivity contribution is 9.10. The van der Waals surface area contributed by atoms with Crippen LogP contribution in [0.2, 0.25) is 0 Å². The van der Waals surface area contributed by atoms with Crippen molar-refractivity contribution in [2.75, 3.05) is 5.73 Å². The van der Waals surface area contributed by atoms with Crippen LogP contribution in [0.25, 0.3) is 0 Å². The zero-order valence-corrected chi connectivity index (χ0v) is 8.73. The van der Waals surface area contributed by atoms with E-state index in [4.69, 9.17) is 5.73 Å². The average molecular weight is 240 g/mol. The van der Waals surface area contributed by atoms with E-state index in [0.29, 0.717) is 12.1 Å². The van der Waals surface area contributed by atoms with Gasteiger partial charge in [0.25, 0.3) is 0 Å². The molecule has 1 aliphatic rings. The summed E-state index contributed by atoms with van der Waals surface area (Å²) >= 11 is 3.36. The number of nitrogen functional groups attached to an aromatic ring is 1. The average Bonchev–Trinajstić information content (AvgIpc) is 2.09. The molecule has 68 valence electrons. The Morgan fingerprint density at radius 2 is 2.08 bits per heavy atom. The number of fused-ring (bicyclic) bond motifs is 1. The van der Waals surface area contributed by atoms with Crippen molar-refractivity contribution in [3.8, 4) is 0 Å². The minimum Gasteiger partial charge on any atom is -0.398 e. The molecule has 0 aromatic heterocycles. The minimum absolute atomic E-state index is 0.223. The van der Waals surface area contributed by atoms with E-state index in [2.05, 4.69) is 15.9 Å². The van der Waals surface area contributed by atoms with Crippen LogP contribution in [0.4, 0.5) is 5.69 Å². The second-order valence-electron chi connectivity index (χ2n) is 3.31. The maximum absolute atomic E-state index is 11.5. The number of ketones is 1. The van der Waals surface area contributed by atoms with Gasteiger partial charge in [-0.1, -0.05) is 0 Å². The Morgan fingerprint density at radius 3 is 2.85 bits per heavy atom. The lowest BCUT2D eigenvalue weighted by atomic mass is 9.90. The Kier molecular flexibility index (Phi) is 2.12. The number of aryl methyl sites for hydroxylation is 1. The van der Waals surface area contributed by atoms with Crippen molar-refractivity contribution in [2.45, 2.75) is 19.3 Å². The van der Waals surface area contributed by atoms with E-state index in [0.717, 1.165) is 28.4 Å². The quantitative estimate of drug-likeness (QED) is 0.708. The fourth-order valence-electron chi connectivity index (χ4n) is 1.67. The maximum Gasteiger partial charge on any atom is 0.163 e. The second kappa shape index (κ2) is 3.14. The molecule has 0 fully saturated rings. The Labute approximate surface area is 85.3 Å². The maximum atomic E-state index is 11.5. The lowest BCUT2D eigenvalue weighted by Gasteiger charge is -2.15. The van der Waals surface area contributed by atoms with Gasteiger partial charge in [-0.05, 0) is 46.5 Å². The Hall–Kier alpha value is -0.830. The molecule has 0 bridgehead atoms. The number of carbonyl (C=O) groups excluding carboxylic acids is 1. The SMILES string of the molecule is Nc1cc2c(cc1Br)CCCC2=O. The van der Waals surface area contributed by atoms with Crippen molar-refractivity contribution in [1.82, 2.24) is 0 Å². The molecule has 3 heteroatoms. The molecule has 0 unspecified atom stereocenters. The monoisotopic (exact) mass is 239 g/mol. The van der Waals surface area contributed by atoms with Crippen LogP contribution in [-0.2, 0) is 6.42 Å². The lowest BCUT2D eigenvalue weighted by molar-refractivity contribution is 0.0972. The van der Waals surface area contributed by atoms with Crippen molar-refractivity contribution >= 4 is 27.4 Å². The number of benzene rings is 1. The zero-order chi connectivity index (χ0) is 9.42. The number of hydrogen-bond acceptors (Lipinski definition) is 2. The van der Waals surface area contributed by atoms with E-state index < -0.39 is 0 Å². The smallest absolute Gasteiger partial charge is 0.163 e. The first-order valence-electron chi connectivity index (χ1n) is 4.29. The lowest BCUT2D eigenvalue weighted by Crippen LogP contribution is -2.11. The van der Waals surface area contributed by atoms with Gasteiger partial charge in [0.2, 0.25) is 0 Å². The summed E-state index contributed by atoms with van der Waals surface area (Å²) in [6.07, 6.45) is 2.61. The van der Waals surface area contributed by atoms with Gasteiger partial charge >= 0.3 is 0 Å². The Bertz CT molecular complexity index is 373. The highest BCUT2D eigenvalue weighted by Crippen LogP contribution is 2.29. The molecule has 2 N–H and O–H groups in total. The Morgan fingerprint density at radius 1 is 1.31 bits per heavy atom. The summed E-state index contributed by atoms with van der Waals surface area (Å²) in [7, 11) is 0. The van der Waals surface area contributed by atoms with E-state index in [1.165, 1.54) is 0 Å². The molecule has 1 aliphatic carbocycles. The molecule has 0 radical (unpaired) electrons. The summed E-state index contributed by atoms with van der Waals surface area (Å²) < 4.78 is 0.890. The van der Waals surface area contributed by atoms with Gasteiger partial charge in [-0.2, -0.15) is 0 Å². The third kappa shape index (κ3) is 1.48. The van der Waals surface area contributed by atoms with Crippen LogP contribution in [0.15, 0.2) is 16.6 Å². The molecule has 0 amide bonds. The standard InChI is InChI=1S/C10H10BrNO/c11-8-4-6-2-1-3-10(13)7(6)5-9(8)12/h4-5H,1-3,12H2. The zero-order valence-electron chi connectivity index (χ0n) is 7.14. The van der Waals surface area contributed by atoms with Crippen LogP contribution in [-0.4, -0.2) is 5.78 Å². The molecule has 0 saturated carbocycles. The molecule has 0 saturated heterocycles. The highest BCUT2D eigenvalue weighted by atomic mass is 79.9. The van der Waals surface area contributed by atoms with E-state index in [9.17, 15) is 4.79 Å². The van der Waals surface area contributed by atoms with Crippen LogP contribution in [0.5, 0.6) is 0 Å². The van der Waals surface area contributed by atoms with Crippen LogP contribution in [0, 0.1) is 0 Å². The minimum atomic E-state index is 0.223. The summed E-state index contributed by atoms with van der Waals surface area (Å²) in [5.74, 6) is 0.223. The predicted molar refractivity (Wildman–Crippen MR) is 55.8 cm³/mol. The largest absolute Gasteiger partial charge is 0.398 e. The molecular weight excluding hydrogens is 230 g/mol. The molecule has 2 nitrogen and oxygen atoms in total. The van der Waals surface area contributed by atoms with E-state index in [1.807, 2.05) is 6.07 Å². The first-order valence-corrected chi connectivity index (χ1v) is 5.09. The fourth-order valence-corrected chi connectivity index (χ4v) is 2.06. The van der Waals surface area contributed by atoms with Crippen LogP contribution in [0.1, 0.15) is 28.8 Å². The summed E-state index contributed by atoms with van der Waals surface area (Å²) in [5.41, 5.74) is 8.29. The number of Topliss-reactive ketones (excluding diaryl/α,β-unsaturated/α-hetero) is 1. The molecule has 0 atom stereocenters. The first-order chi connectivity index (χ1) is 6.18. The van der Waals surface area contributed by atoms with E-state index >= 15 is 0 Å². The third-order valence-electron chi connectivity index (χ3n) is 2.37. The van der Waals surface area contributed by atoms with Gasteiger partial charge in [0.1, 0.15) is 0 Å². The van der Waals surface area contributed by atoms with Crippen molar-refractivity contribution in [3.63, 3.8) is 0 Å². The normalized spacial score (nSPS) is 15.6. The molecule has 2 rings (SSSR count). The van der Waals surface area contributed by atoms with Crippen molar-refractivity contribution in [1.29, 1.82) is 0 Å². The summed E-state index contributed by atoms with van der Waals surface area (Å²) in [6.45, 7) is 0. The molecule has 1 aromatic rings. The van der Waals surface area contributed by atoms with Gasteiger partial charge in [0.05, 0.1) is 0 Å². The second-order valence-corrected chi connectivity index (χ2v) is 4.16. The van der Waals surface area contributed by atoms with Crippen molar-refractivity contribution in [2.24, 2.45) is 0 Å². The number of hydrogen-bond donors (Lipinski definition) is 1. The molecular formula is C10H10BrNO. The number of anilines is 1. The van der Waals surface area contributed by atoms with Gasteiger partial charge in [-0.3, -0.25) is 4.79 Å². The van der Waals surface area contributed by atoms with Crippen LogP contribution < -0.4 is 5.73 Å². The fraction of sp³-hybridized carbons (Fsp3) is 0.300. The van der Waals surface area contributed by atoms with Gasteiger partial charge in [-0.15, -0.1) is 0 Å². The molecule has 13 heavy (non-hydrogen) atoms. The predicted octanol–water partition coefficient (Wildman–Crippen LogP) is 2.55. The van der Waals surface area contributed by atoms with E-state index in [-0.39, 0.29) is 5.78 Å². The molecule has 0 heterocycles. The number of nitrogens with two attached hydrogens (primary N) is 1. The summed E-state index contributed by atoms with van der Waals surface area (Å²) in [6, 6.07) is 3.74. The summed E-state index contributed by atoms with van der Waals surface area (Å²) in [4.78, 5) is 11.5. The molecule has 0 aliphatic heterocycles. The van der Waals surface area contributed by atoms with Gasteiger partial charge < -0.3 is 5.73 Å². The highest BCUT2D eigenvalue weighted by Gasteiger charge is 2.17. The molecule has 1 aromatic carbocycles. The topological polar surface area (TPSA) is 43.1 Å². The summed E-state index contributed by atoms with van der Waals surface area (Å²) in [5, 5.41) is 0. The number of carbonyl (C=O) groups is 1. The van der Waals surface area contributed by atoms with Crippen molar-refractivity contribution < 1.29 is 4.79 Å². The van der Waals surface area contributed by atoms with Crippen LogP contribution >= 0.6 is 15.9 Å². The van der Waals surface area contributed by atoms with Crippen LogP contribution in [0.3, 0.4) is 0 Å². The van der Waals surface area contributed by atoms with Gasteiger partial charge in [0, 0.05) is 22.1 Å².